The number of rotatable bonds is 3. The molecule has 0 unspecified atom stereocenters. The summed E-state index contributed by atoms with van der Waals surface area (Å²) >= 11 is 0. The molecule has 2 N–H and O–H groups in total. The highest BCUT2D eigenvalue weighted by Gasteiger charge is 2.18. The lowest BCUT2D eigenvalue weighted by atomic mass is 10.0. The summed E-state index contributed by atoms with van der Waals surface area (Å²) in [5, 5.41) is 0. The van der Waals surface area contributed by atoms with Crippen LogP contribution in [0.15, 0.2) is 42.5 Å². The first-order chi connectivity index (χ1) is 8.78. The summed E-state index contributed by atoms with van der Waals surface area (Å²) < 4.78 is 0. The van der Waals surface area contributed by atoms with E-state index in [2.05, 4.69) is 42.5 Å². The third-order valence-corrected chi connectivity index (χ3v) is 3.47. The molecule has 0 aromatic heterocycles. The van der Waals surface area contributed by atoms with Gasteiger partial charge in [0.2, 0.25) is 6.29 Å². The fourth-order valence-corrected chi connectivity index (χ4v) is 2.62. The Labute approximate surface area is 106 Å². The third-order valence-electron chi connectivity index (χ3n) is 3.47. The van der Waals surface area contributed by atoms with Crippen molar-refractivity contribution in [3.63, 3.8) is 0 Å². The molecule has 2 aromatic carbocycles. The molecule has 1 radical (unpaired) electrons. The molecule has 0 amide bonds. The Morgan fingerprint density at radius 2 is 1.89 bits per heavy atom. The molecule has 0 heterocycles. The molecule has 1 aliphatic rings. The van der Waals surface area contributed by atoms with Gasteiger partial charge in [0.1, 0.15) is 0 Å². The Hall–Kier alpha value is -1.93. The molecular formula is C16H14NO. The van der Waals surface area contributed by atoms with E-state index in [0.717, 1.165) is 12.0 Å². The molecule has 0 saturated heterocycles. The van der Waals surface area contributed by atoms with Crippen molar-refractivity contribution < 1.29 is 4.79 Å². The fourth-order valence-electron chi connectivity index (χ4n) is 2.62. The van der Waals surface area contributed by atoms with E-state index in [1.807, 2.05) is 6.29 Å². The number of nitrogens with two attached hydrogens (primary N) is 1. The Morgan fingerprint density at radius 1 is 1.11 bits per heavy atom. The molecule has 18 heavy (non-hydrogen) atoms. The van der Waals surface area contributed by atoms with E-state index in [0.29, 0.717) is 6.42 Å². The Morgan fingerprint density at radius 3 is 2.72 bits per heavy atom. The maximum absolute atomic E-state index is 10.5. The van der Waals surface area contributed by atoms with Crippen LogP contribution in [-0.4, -0.2) is 12.3 Å². The van der Waals surface area contributed by atoms with Crippen LogP contribution in [0.3, 0.4) is 0 Å². The largest absolute Gasteiger partial charge is 0.321 e. The van der Waals surface area contributed by atoms with Gasteiger partial charge >= 0.3 is 0 Å². The number of fused-ring (bicyclic) bond motifs is 3. The second kappa shape index (κ2) is 4.39. The minimum Gasteiger partial charge on any atom is -0.321 e. The standard InChI is InChI=1S/C16H14NO/c17-14(10-18)8-11-5-6-16-13(7-11)9-12-3-1-2-4-15(12)16/h1-7,14H,8-9,17H2/t14-/m0/s1. The highest BCUT2D eigenvalue weighted by Crippen LogP contribution is 2.36. The van der Waals surface area contributed by atoms with Gasteiger partial charge in [0, 0.05) is 0 Å². The van der Waals surface area contributed by atoms with Crippen LogP contribution in [-0.2, 0) is 17.6 Å². The summed E-state index contributed by atoms with van der Waals surface area (Å²) in [5.74, 6) is 0. The molecule has 0 fully saturated rings. The first-order valence-corrected chi connectivity index (χ1v) is 6.11. The van der Waals surface area contributed by atoms with Crippen LogP contribution >= 0.6 is 0 Å². The van der Waals surface area contributed by atoms with Gasteiger partial charge < -0.3 is 5.73 Å². The normalized spacial score (nSPS) is 13.8. The van der Waals surface area contributed by atoms with Gasteiger partial charge in [0.15, 0.2) is 0 Å². The lowest BCUT2D eigenvalue weighted by molar-refractivity contribution is 0.541. The molecule has 0 spiro atoms. The highest BCUT2D eigenvalue weighted by molar-refractivity contribution is 5.77. The monoisotopic (exact) mass is 236 g/mol. The van der Waals surface area contributed by atoms with Crippen molar-refractivity contribution in [3.05, 3.63) is 59.2 Å². The third kappa shape index (κ3) is 1.85. The van der Waals surface area contributed by atoms with Crippen molar-refractivity contribution >= 4 is 6.29 Å². The summed E-state index contributed by atoms with van der Waals surface area (Å²) in [6.45, 7) is 0. The number of hydrogen-bond acceptors (Lipinski definition) is 2. The molecule has 0 bridgehead atoms. The van der Waals surface area contributed by atoms with Gasteiger partial charge in [-0.1, -0.05) is 42.5 Å². The smallest absolute Gasteiger partial charge is 0.217 e. The second-order valence-corrected chi connectivity index (χ2v) is 4.75. The van der Waals surface area contributed by atoms with E-state index < -0.39 is 6.04 Å². The zero-order valence-electron chi connectivity index (χ0n) is 10.0. The predicted molar refractivity (Wildman–Crippen MR) is 72.1 cm³/mol. The summed E-state index contributed by atoms with van der Waals surface area (Å²) in [5.41, 5.74) is 12.0. The van der Waals surface area contributed by atoms with Gasteiger partial charge in [0.25, 0.3) is 0 Å². The topological polar surface area (TPSA) is 43.1 Å². The molecule has 2 nitrogen and oxygen atoms in total. The number of hydrogen-bond donors (Lipinski definition) is 1. The van der Waals surface area contributed by atoms with Crippen LogP contribution in [0.1, 0.15) is 16.7 Å². The molecule has 0 aliphatic heterocycles. The maximum Gasteiger partial charge on any atom is 0.217 e. The summed E-state index contributed by atoms with van der Waals surface area (Å²) in [7, 11) is 0. The number of carbonyl (C=O) groups excluding carboxylic acids is 1. The molecule has 3 rings (SSSR count). The van der Waals surface area contributed by atoms with E-state index >= 15 is 0 Å². The average Bonchev–Trinajstić information content (AvgIpc) is 2.76. The van der Waals surface area contributed by atoms with Gasteiger partial charge in [0.05, 0.1) is 6.04 Å². The SMILES string of the molecule is N[C@H]([C]=O)Cc1ccc2c(c1)Cc1ccccc1-2. The molecule has 1 aliphatic carbocycles. The first kappa shape index (κ1) is 11.2. The van der Waals surface area contributed by atoms with Crippen molar-refractivity contribution in [2.45, 2.75) is 18.9 Å². The van der Waals surface area contributed by atoms with Gasteiger partial charge in [-0.15, -0.1) is 0 Å². The lowest BCUT2D eigenvalue weighted by Gasteiger charge is -2.06. The van der Waals surface area contributed by atoms with Crippen LogP contribution < -0.4 is 5.73 Å². The minimum absolute atomic E-state index is 0.521. The van der Waals surface area contributed by atoms with Crippen LogP contribution in [0.4, 0.5) is 0 Å². The van der Waals surface area contributed by atoms with Crippen molar-refractivity contribution in [2.75, 3.05) is 0 Å². The average molecular weight is 236 g/mol. The van der Waals surface area contributed by atoms with Gasteiger partial charge in [-0.05, 0) is 40.7 Å². The van der Waals surface area contributed by atoms with Gasteiger partial charge in [-0.3, -0.25) is 4.79 Å². The Bertz CT molecular complexity index is 604. The number of benzene rings is 2. The van der Waals surface area contributed by atoms with E-state index in [1.54, 1.807) is 0 Å². The molecule has 2 aromatic rings. The van der Waals surface area contributed by atoms with E-state index in [1.165, 1.54) is 22.3 Å². The Balaban J connectivity index is 1.96. The van der Waals surface area contributed by atoms with Crippen LogP contribution in [0.5, 0.6) is 0 Å². The van der Waals surface area contributed by atoms with Crippen LogP contribution in [0.2, 0.25) is 0 Å². The lowest BCUT2D eigenvalue weighted by Crippen LogP contribution is -2.24. The fraction of sp³-hybridized carbons (Fsp3) is 0.188. The van der Waals surface area contributed by atoms with Crippen LogP contribution in [0, 0.1) is 0 Å². The van der Waals surface area contributed by atoms with Crippen LogP contribution in [0.25, 0.3) is 11.1 Å². The zero-order chi connectivity index (χ0) is 12.5. The van der Waals surface area contributed by atoms with E-state index in [4.69, 9.17) is 5.73 Å². The van der Waals surface area contributed by atoms with Crippen molar-refractivity contribution in [1.29, 1.82) is 0 Å². The summed E-state index contributed by atoms with van der Waals surface area (Å²) in [6, 6.07) is 14.3. The summed E-state index contributed by atoms with van der Waals surface area (Å²) in [4.78, 5) is 10.5. The molecule has 1 atom stereocenters. The second-order valence-electron chi connectivity index (χ2n) is 4.75. The molecule has 2 heteroatoms. The first-order valence-electron chi connectivity index (χ1n) is 6.11. The van der Waals surface area contributed by atoms with Gasteiger partial charge in [-0.2, -0.15) is 0 Å². The van der Waals surface area contributed by atoms with Crippen molar-refractivity contribution in [2.24, 2.45) is 5.73 Å². The van der Waals surface area contributed by atoms with E-state index in [9.17, 15) is 4.79 Å². The summed E-state index contributed by atoms with van der Waals surface area (Å²) in [6.07, 6.45) is 3.36. The quantitative estimate of drug-likeness (QED) is 0.757. The van der Waals surface area contributed by atoms with Crippen molar-refractivity contribution in [1.82, 2.24) is 0 Å². The zero-order valence-corrected chi connectivity index (χ0v) is 10.0. The Kier molecular flexibility index (Phi) is 2.73. The predicted octanol–water partition coefficient (Wildman–Crippen LogP) is 2.24. The minimum atomic E-state index is -0.521. The van der Waals surface area contributed by atoms with Crippen molar-refractivity contribution in [3.8, 4) is 11.1 Å². The molecule has 89 valence electrons. The molecular weight excluding hydrogens is 222 g/mol. The molecule has 0 saturated carbocycles. The van der Waals surface area contributed by atoms with E-state index in [-0.39, 0.29) is 0 Å². The highest BCUT2D eigenvalue weighted by atomic mass is 16.1. The van der Waals surface area contributed by atoms with Gasteiger partial charge in [-0.25, -0.2) is 0 Å². The maximum atomic E-state index is 10.5.